The molecule has 0 aromatic heterocycles. The highest BCUT2D eigenvalue weighted by molar-refractivity contribution is 5.29. The van der Waals surface area contributed by atoms with Gasteiger partial charge in [0.05, 0.1) is 5.56 Å². The maximum absolute atomic E-state index is 12.9. The number of hydrogen-bond donors (Lipinski definition) is 1. The molecule has 0 bridgehead atoms. The Morgan fingerprint density at radius 3 is 2.62 bits per heavy atom. The molecule has 1 atom stereocenters. The van der Waals surface area contributed by atoms with Crippen LogP contribution in [-0.2, 0) is 12.7 Å². The first-order valence-corrected chi connectivity index (χ1v) is 7.64. The van der Waals surface area contributed by atoms with Gasteiger partial charge in [-0.2, -0.15) is 13.2 Å². The van der Waals surface area contributed by atoms with Gasteiger partial charge in [-0.3, -0.25) is 0 Å². The Hall–Kier alpha value is -1.07. The summed E-state index contributed by atoms with van der Waals surface area (Å²) in [6.45, 7) is 3.33. The van der Waals surface area contributed by atoms with Crippen LogP contribution in [-0.4, -0.2) is 30.6 Å². The van der Waals surface area contributed by atoms with E-state index >= 15 is 0 Å². The third kappa shape index (κ3) is 3.77. The van der Waals surface area contributed by atoms with Gasteiger partial charge >= 0.3 is 6.18 Å². The molecule has 1 unspecified atom stereocenters. The molecular weight excluding hydrogens is 277 g/mol. The Morgan fingerprint density at radius 2 is 1.90 bits per heavy atom. The van der Waals surface area contributed by atoms with Crippen molar-refractivity contribution in [3.63, 3.8) is 0 Å². The molecule has 1 aliphatic carbocycles. The van der Waals surface area contributed by atoms with Gasteiger partial charge in [-0.25, -0.2) is 0 Å². The molecule has 21 heavy (non-hydrogen) atoms. The second-order valence-electron chi connectivity index (χ2n) is 6.17. The zero-order valence-corrected chi connectivity index (χ0v) is 12.0. The van der Waals surface area contributed by atoms with Crippen molar-refractivity contribution in [3.05, 3.63) is 35.4 Å². The maximum atomic E-state index is 12.9. The van der Waals surface area contributed by atoms with E-state index in [9.17, 15) is 13.2 Å². The van der Waals surface area contributed by atoms with Crippen LogP contribution < -0.4 is 5.32 Å². The molecule has 1 heterocycles. The second-order valence-corrected chi connectivity index (χ2v) is 6.17. The molecule has 1 aromatic carbocycles. The van der Waals surface area contributed by atoms with Gasteiger partial charge in [0.15, 0.2) is 0 Å². The average Bonchev–Trinajstić information content (AvgIpc) is 3.18. The van der Waals surface area contributed by atoms with Crippen LogP contribution in [0.2, 0.25) is 0 Å². The fraction of sp³-hybridized carbons (Fsp3) is 0.625. The van der Waals surface area contributed by atoms with Crippen LogP contribution in [0.25, 0.3) is 0 Å². The molecule has 1 saturated carbocycles. The van der Waals surface area contributed by atoms with Crippen molar-refractivity contribution >= 4 is 0 Å². The number of alkyl halides is 3. The van der Waals surface area contributed by atoms with Crippen LogP contribution >= 0.6 is 0 Å². The molecule has 2 fully saturated rings. The number of hydrogen-bond acceptors (Lipinski definition) is 2. The highest BCUT2D eigenvalue weighted by Crippen LogP contribution is 2.32. The lowest BCUT2D eigenvalue weighted by Crippen LogP contribution is -2.28. The van der Waals surface area contributed by atoms with Crippen molar-refractivity contribution in [2.75, 3.05) is 19.6 Å². The van der Waals surface area contributed by atoms with Crippen molar-refractivity contribution in [3.8, 4) is 0 Å². The SMILES string of the molecule is FC(F)(F)c1ccccc1CNCC1CCN(C2CC2)C1. The van der Waals surface area contributed by atoms with Gasteiger partial charge < -0.3 is 10.2 Å². The molecular formula is C16H21F3N2. The van der Waals surface area contributed by atoms with Crippen molar-refractivity contribution in [2.24, 2.45) is 5.92 Å². The molecule has 1 saturated heterocycles. The number of halogens is 3. The zero-order valence-electron chi connectivity index (χ0n) is 12.0. The third-order valence-corrected chi connectivity index (χ3v) is 4.45. The summed E-state index contributed by atoms with van der Waals surface area (Å²) in [7, 11) is 0. The molecule has 1 aliphatic heterocycles. The summed E-state index contributed by atoms with van der Waals surface area (Å²) in [4.78, 5) is 2.52. The van der Waals surface area contributed by atoms with E-state index in [0.717, 1.165) is 38.2 Å². The molecule has 2 aliphatic rings. The lowest BCUT2D eigenvalue weighted by molar-refractivity contribution is -0.138. The quantitative estimate of drug-likeness (QED) is 0.897. The molecule has 0 radical (unpaired) electrons. The monoisotopic (exact) mass is 298 g/mol. The van der Waals surface area contributed by atoms with Gasteiger partial charge in [0.2, 0.25) is 0 Å². The molecule has 116 valence electrons. The summed E-state index contributed by atoms with van der Waals surface area (Å²) in [6.07, 6.45) is -0.475. The van der Waals surface area contributed by atoms with Crippen LogP contribution in [0.1, 0.15) is 30.4 Å². The second kappa shape index (κ2) is 5.97. The minimum absolute atomic E-state index is 0.287. The van der Waals surface area contributed by atoms with Gasteiger partial charge in [-0.05, 0) is 49.9 Å². The molecule has 2 nitrogen and oxygen atoms in total. The van der Waals surface area contributed by atoms with Crippen LogP contribution in [0.3, 0.4) is 0 Å². The van der Waals surface area contributed by atoms with Crippen molar-refractivity contribution in [1.29, 1.82) is 0 Å². The summed E-state index contributed by atoms with van der Waals surface area (Å²) >= 11 is 0. The van der Waals surface area contributed by atoms with Gasteiger partial charge in [-0.1, -0.05) is 18.2 Å². The van der Waals surface area contributed by atoms with E-state index in [2.05, 4.69) is 10.2 Å². The lowest BCUT2D eigenvalue weighted by atomic mass is 10.1. The largest absolute Gasteiger partial charge is 0.416 e. The molecule has 5 heteroatoms. The number of likely N-dealkylation sites (tertiary alicyclic amines) is 1. The van der Waals surface area contributed by atoms with E-state index in [4.69, 9.17) is 0 Å². The number of benzene rings is 1. The lowest BCUT2D eigenvalue weighted by Gasteiger charge is -2.16. The Balaban J connectivity index is 1.49. The van der Waals surface area contributed by atoms with Crippen molar-refractivity contribution < 1.29 is 13.2 Å². The predicted molar refractivity (Wildman–Crippen MR) is 75.9 cm³/mol. The molecule has 0 spiro atoms. The number of nitrogens with zero attached hydrogens (tertiary/aromatic N) is 1. The molecule has 1 N–H and O–H groups in total. The summed E-state index contributed by atoms with van der Waals surface area (Å²) in [5, 5.41) is 3.21. The third-order valence-electron chi connectivity index (χ3n) is 4.45. The Bertz CT molecular complexity index is 483. The Labute approximate surface area is 123 Å². The first kappa shape index (κ1) is 14.9. The first-order valence-electron chi connectivity index (χ1n) is 7.64. The molecule has 0 amide bonds. The Kier molecular flexibility index (Phi) is 4.22. The van der Waals surface area contributed by atoms with E-state index in [-0.39, 0.29) is 6.54 Å². The van der Waals surface area contributed by atoms with E-state index in [0.29, 0.717) is 11.5 Å². The first-order chi connectivity index (χ1) is 10.0. The normalized spacial score (nSPS) is 23.7. The van der Waals surface area contributed by atoms with Crippen LogP contribution in [0.5, 0.6) is 0 Å². The topological polar surface area (TPSA) is 15.3 Å². The average molecular weight is 298 g/mol. The minimum atomic E-state index is -4.27. The fourth-order valence-corrected chi connectivity index (χ4v) is 3.16. The highest BCUT2D eigenvalue weighted by Gasteiger charge is 2.34. The van der Waals surface area contributed by atoms with Gasteiger partial charge in [0.1, 0.15) is 0 Å². The zero-order chi connectivity index (χ0) is 14.9. The summed E-state index contributed by atoms with van der Waals surface area (Å²) in [5.74, 6) is 0.573. The summed E-state index contributed by atoms with van der Waals surface area (Å²) in [6, 6.07) is 6.61. The van der Waals surface area contributed by atoms with Gasteiger partial charge in [0, 0.05) is 19.1 Å². The predicted octanol–water partition coefficient (Wildman–Crippen LogP) is 3.28. The van der Waals surface area contributed by atoms with Gasteiger partial charge in [0.25, 0.3) is 0 Å². The van der Waals surface area contributed by atoms with E-state index in [1.807, 2.05) is 0 Å². The van der Waals surface area contributed by atoms with Crippen LogP contribution in [0.4, 0.5) is 13.2 Å². The Morgan fingerprint density at radius 1 is 1.14 bits per heavy atom. The molecule has 1 aromatic rings. The van der Waals surface area contributed by atoms with Gasteiger partial charge in [-0.15, -0.1) is 0 Å². The smallest absolute Gasteiger partial charge is 0.312 e. The minimum Gasteiger partial charge on any atom is -0.312 e. The summed E-state index contributed by atoms with van der Waals surface area (Å²) < 4.78 is 38.7. The molecule has 3 rings (SSSR count). The number of nitrogens with one attached hydrogen (secondary N) is 1. The highest BCUT2D eigenvalue weighted by atomic mass is 19.4. The van der Waals surface area contributed by atoms with E-state index in [1.165, 1.54) is 18.9 Å². The van der Waals surface area contributed by atoms with Crippen LogP contribution in [0, 0.1) is 5.92 Å². The van der Waals surface area contributed by atoms with E-state index in [1.54, 1.807) is 12.1 Å². The maximum Gasteiger partial charge on any atom is 0.416 e. The summed E-state index contributed by atoms with van der Waals surface area (Å²) in [5.41, 5.74) is -0.189. The standard InChI is InChI=1S/C16H21F3N2/c17-16(18,19)15-4-2-1-3-13(15)10-20-9-12-7-8-21(11-12)14-5-6-14/h1-4,12,14,20H,5-11H2. The number of rotatable bonds is 5. The van der Waals surface area contributed by atoms with Crippen molar-refractivity contribution in [1.82, 2.24) is 10.2 Å². The van der Waals surface area contributed by atoms with E-state index < -0.39 is 11.7 Å². The van der Waals surface area contributed by atoms with Crippen LogP contribution in [0.15, 0.2) is 24.3 Å². The fourth-order valence-electron chi connectivity index (χ4n) is 3.16. The van der Waals surface area contributed by atoms with Crippen molar-refractivity contribution in [2.45, 2.75) is 38.0 Å².